The SMILES string of the molecule is CCc1ccc(-c2nc(NN)cc(-c3cnn(C)c3)n2)o1. The Kier molecular flexibility index (Phi) is 3.41. The van der Waals surface area contributed by atoms with Crippen LogP contribution < -0.4 is 11.3 Å². The zero-order chi connectivity index (χ0) is 14.8. The van der Waals surface area contributed by atoms with Crippen LogP contribution in [0.2, 0.25) is 0 Å². The van der Waals surface area contributed by atoms with Gasteiger partial charge < -0.3 is 9.84 Å². The van der Waals surface area contributed by atoms with Crippen LogP contribution >= 0.6 is 0 Å². The Morgan fingerprint density at radius 2 is 2.19 bits per heavy atom. The van der Waals surface area contributed by atoms with Crippen molar-refractivity contribution < 1.29 is 4.42 Å². The summed E-state index contributed by atoms with van der Waals surface area (Å²) in [5, 5.41) is 4.15. The minimum absolute atomic E-state index is 0.490. The summed E-state index contributed by atoms with van der Waals surface area (Å²) in [5.41, 5.74) is 4.18. The number of aryl methyl sites for hydroxylation is 2. The molecular weight excluding hydrogens is 268 g/mol. The Morgan fingerprint density at radius 3 is 2.81 bits per heavy atom. The van der Waals surface area contributed by atoms with E-state index in [0.717, 1.165) is 23.4 Å². The van der Waals surface area contributed by atoms with Crippen LogP contribution in [0, 0.1) is 0 Å². The third-order valence-electron chi connectivity index (χ3n) is 3.11. The van der Waals surface area contributed by atoms with Gasteiger partial charge in [0.1, 0.15) is 11.6 Å². The topological polar surface area (TPSA) is 94.8 Å². The van der Waals surface area contributed by atoms with Crippen LogP contribution in [-0.4, -0.2) is 19.7 Å². The summed E-state index contributed by atoms with van der Waals surface area (Å²) in [6.07, 6.45) is 4.45. The quantitative estimate of drug-likeness (QED) is 0.562. The van der Waals surface area contributed by atoms with Crippen molar-refractivity contribution in [1.82, 2.24) is 19.7 Å². The number of rotatable bonds is 4. The van der Waals surface area contributed by atoms with Crippen LogP contribution in [0.15, 0.2) is 35.0 Å². The molecule has 0 saturated carbocycles. The van der Waals surface area contributed by atoms with Crippen molar-refractivity contribution in [3.8, 4) is 22.8 Å². The molecule has 0 fully saturated rings. The van der Waals surface area contributed by atoms with Crippen molar-refractivity contribution in [2.45, 2.75) is 13.3 Å². The fourth-order valence-electron chi connectivity index (χ4n) is 2.02. The third-order valence-corrected chi connectivity index (χ3v) is 3.11. The lowest BCUT2D eigenvalue weighted by atomic mass is 10.2. The molecule has 0 spiro atoms. The molecule has 3 aromatic heterocycles. The van der Waals surface area contributed by atoms with Gasteiger partial charge in [-0.2, -0.15) is 5.10 Å². The number of nitrogen functional groups attached to an aromatic ring is 1. The van der Waals surface area contributed by atoms with Crippen molar-refractivity contribution in [2.75, 3.05) is 5.43 Å². The molecule has 7 heteroatoms. The van der Waals surface area contributed by atoms with Crippen LogP contribution in [0.4, 0.5) is 5.82 Å². The van der Waals surface area contributed by atoms with Gasteiger partial charge in [0.25, 0.3) is 0 Å². The van der Waals surface area contributed by atoms with Crippen LogP contribution in [0.1, 0.15) is 12.7 Å². The number of aromatic nitrogens is 4. The highest BCUT2D eigenvalue weighted by molar-refractivity contribution is 5.64. The van der Waals surface area contributed by atoms with E-state index in [4.69, 9.17) is 10.3 Å². The minimum Gasteiger partial charge on any atom is -0.458 e. The number of nitrogens with one attached hydrogen (secondary N) is 1. The van der Waals surface area contributed by atoms with Gasteiger partial charge in [0.05, 0.1) is 11.9 Å². The zero-order valence-electron chi connectivity index (χ0n) is 11.9. The van der Waals surface area contributed by atoms with Crippen molar-refractivity contribution in [3.05, 3.63) is 36.4 Å². The Balaban J connectivity index is 2.08. The predicted octanol–water partition coefficient (Wildman–Crippen LogP) is 1.99. The smallest absolute Gasteiger partial charge is 0.198 e. The first-order chi connectivity index (χ1) is 10.2. The molecule has 0 aliphatic heterocycles. The second-order valence-electron chi connectivity index (χ2n) is 4.63. The van der Waals surface area contributed by atoms with Gasteiger partial charge in [0.2, 0.25) is 0 Å². The summed E-state index contributed by atoms with van der Waals surface area (Å²) in [6, 6.07) is 5.55. The second-order valence-corrected chi connectivity index (χ2v) is 4.63. The maximum absolute atomic E-state index is 5.70. The summed E-state index contributed by atoms with van der Waals surface area (Å²) >= 11 is 0. The lowest BCUT2D eigenvalue weighted by molar-refractivity contribution is 0.525. The highest BCUT2D eigenvalue weighted by Gasteiger charge is 2.12. The van der Waals surface area contributed by atoms with Gasteiger partial charge >= 0.3 is 0 Å². The Hall–Kier alpha value is -2.67. The molecule has 3 N–H and O–H groups in total. The third kappa shape index (κ3) is 2.63. The molecule has 3 rings (SSSR count). The first-order valence-corrected chi connectivity index (χ1v) is 6.63. The summed E-state index contributed by atoms with van der Waals surface area (Å²) < 4.78 is 7.42. The maximum Gasteiger partial charge on any atom is 0.198 e. The predicted molar refractivity (Wildman–Crippen MR) is 79.1 cm³/mol. The van der Waals surface area contributed by atoms with E-state index < -0.39 is 0 Å². The molecule has 3 aromatic rings. The molecule has 0 saturated heterocycles. The van der Waals surface area contributed by atoms with Gasteiger partial charge in [-0.3, -0.25) is 4.68 Å². The highest BCUT2D eigenvalue weighted by Crippen LogP contribution is 2.25. The van der Waals surface area contributed by atoms with Crippen LogP contribution in [0.5, 0.6) is 0 Å². The molecule has 108 valence electrons. The number of hydrogen-bond donors (Lipinski definition) is 2. The van der Waals surface area contributed by atoms with Gasteiger partial charge in [-0.05, 0) is 12.1 Å². The van der Waals surface area contributed by atoms with Crippen LogP contribution in [-0.2, 0) is 13.5 Å². The first-order valence-electron chi connectivity index (χ1n) is 6.63. The summed E-state index contributed by atoms with van der Waals surface area (Å²) in [6.45, 7) is 2.03. The number of hydrazine groups is 1. The molecule has 0 bridgehead atoms. The van der Waals surface area contributed by atoms with E-state index in [-0.39, 0.29) is 0 Å². The molecule has 0 radical (unpaired) electrons. The lowest BCUT2D eigenvalue weighted by Crippen LogP contribution is -2.09. The van der Waals surface area contributed by atoms with Crippen molar-refractivity contribution in [2.24, 2.45) is 12.9 Å². The molecule has 0 unspecified atom stereocenters. The summed E-state index contributed by atoms with van der Waals surface area (Å²) in [5.74, 6) is 8.01. The van der Waals surface area contributed by atoms with Crippen molar-refractivity contribution >= 4 is 5.82 Å². The van der Waals surface area contributed by atoms with E-state index in [1.807, 2.05) is 32.3 Å². The summed E-state index contributed by atoms with van der Waals surface area (Å²) in [4.78, 5) is 8.86. The number of anilines is 1. The van der Waals surface area contributed by atoms with Crippen LogP contribution in [0.25, 0.3) is 22.8 Å². The van der Waals surface area contributed by atoms with Gasteiger partial charge in [-0.1, -0.05) is 6.92 Å². The lowest BCUT2D eigenvalue weighted by Gasteiger charge is -2.05. The maximum atomic E-state index is 5.70. The van der Waals surface area contributed by atoms with Crippen LogP contribution in [0.3, 0.4) is 0 Å². The van der Waals surface area contributed by atoms with E-state index >= 15 is 0 Å². The standard InChI is InChI=1S/C14H16N6O/c1-3-10-4-5-12(21-10)14-17-11(6-13(18-14)19-15)9-7-16-20(2)8-9/h4-8H,3,15H2,1-2H3,(H,17,18,19). The number of hydrogen-bond acceptors (Lipinski definition) is 6. The Bertz CT molecular complexity index is 760. The molecule has 0 atom stereocenters. The average Bonchev–Trinajstić information content (AvgIpc) is 3.15. The highest BCUT2D eigenvalue weighted by atomic mass is 16.3. The normalized spacial score (nSPS) is 10.8. The van der Waals surface area contributed by atoms with Gasteiger partial charge in [-0.15, -0.1) is 0 Å². The minimum atomic E-state index is 0.490. The van der Waals surface area contributed by atoms with Gasteiger partial charge in [0, 0.05) is 31.3 Å². The first kappa shape index (κ1) is 13.3. The molecule has 0 amide bonds. The van der Waals surface area contributed by atoms with E-state index in [1.165, 1.54) is 0 Å². The Labute approximate surface area is 121 Å². The number of furan rings is 1. The fraction of sp³-hybridized carbons (Fsp3) is 0.214. The molecule has 0 aromatic carbocycles. The molecule has 0 aliphatic carbocycles. The van der Waals surface area contributed by atoms with Gasteiger partial charge in [-0.25, -0.2) is 15.8 Å². The Morgan fingerprint density at radius 1 is 1.33 bits per heavy atom. The van der Waals surface area contributed by atoms with E-state index in [2.05, 4.69) is 20.5 Å². The number of nitrogens with two attached hydrogens (primary N) is 1. The summed E-state index contributed by atoms with van der Waals surface area (Å²) in [7, 11) is 1.85. The number of nitrogens with zero attached hydrogens (tertiary/aromatic N) is 4. The van der Waals surface area contributed by atoms with Gasteiger partial charge in [0.15, 0.2) is 11.6 Å². The largest absolute Gasteiger partial charge is 0.458 e. The van der Waals surface area contributed by atoms with Crippen molar-refractivity contribution in [3.63, 3.8) is 0 Å². The van der Waals surface area contributed by atoms with Crippen molar-refractivity contribution in [1.29, 1.82) is 0 Å². The molecule has 7 nitrogen and oxygen atoms in total. The zero-order valence-corrected chi connectivity index (χ0v) is 11.9. The molecular formula is C14H16N6O. The molecule has 21 heavy (non-hydrogen) atoms. The molecule has 3 heterocycles. The molecule has 0 aliphatic rings. The monoisotopic (exact) mass is 284 g/mol. The van der Waals surface area contributed by atoms with E-state index in [9.17, 15) is 0 Å². The second kappa shape index (κ2) is 5.37. The van der Waals surface area contributed by atoms with E-state index in [1.54, 1.807) is 16.9 Å². The van der Waals surface area contributed by atoms with E-state index in [0.29, 0.717) is 17.4 Å². The average molecular weight is 284 g/mol. The fourth-order valence-corrected chi connectivity index (χ4v) is 2.02.